The Morgan fingerprint density at radius 3 is 2.79 bits per heavy atom. The molecule has 1 aromatic rings. The highest BCUT2D eigenvalue weighted by Gasteiger charge is 2.55. The quantitative estimate of drug-likeness (QED) is 0.301. The zero-order chi connectivity index (χ0) is 19.2. The Kier molecular flexibility index (Phi) is 6.27. The van der Waals surface area contributed by atoms with Crippen LogP contribution in [0.1, 0.15) is 44.2 Å². The average molecular weight is 497 g/mol. The number of carbonyl (C=O) groups is 1. The van der Waals surface area contributed by atoms with Crippen LogP contribution in [0.4, 0.5) is 0 Å². The predicted molar refractivity (Wildman–Crippen MR) is 122 cm³/mol. The summed E-state index contributed by atoms with van der Waals surface area (Å²) in [6.45, 7) is 8.26. The van der Waals surface area contributed by atoms with E-state index < -0.39 is 5.60 Å². The highest BCUT2D eigenvalue weighted by Crippen LogP contribution is 2.60. The van der Waals surface area contributed by atoms with Crippen LogP contribution < -0.4 is 5.32 Å². The fourth-order valence-corrected chi connectivity index (χ4v) is 4.83. The molecule has 0 amide bonds. The topological polar surface area (TPSA) is 53.9 Å². The molecule has 0 radical (unpaired) electrons. The first-order valence-corrected chi connectivity index (χ1v) is 10.1. The maximum Gasteiger partial charge on any atom is 0.311 e. The first-order valence-electron chi connectivity index (χ1n) is 10.1. The molecule has 1 heterocycles. The summed E-state index contributed by atoms with van der Waals surface area (Å²) in [5.74, 6) is 2.99. The van der Waals surface area contributed by atoms with Crippen molar-refractivity contribution in [2.24, 2.45) is 22.7 Å². The fourth-order valence-electron chi connectivity index (χ4n) is 4.83. The number of halogens is 1. The number of benzene rings is 1. The smallest absolute Gasteiger partial charge is 0.311 e. The van der Waals surface area contributed by atoms with Crippen molar-refractivity contribution >= 4 is 35.9 Å². The molecule has 1 aromatic carbocycles. The second-order valence-corrected chi connectivity index (χ2v) is 9.15. The summed E-state index contributed by atoms with van der Waals surface area (Å²) in [4.78, 5) is 19.0. The number of hydrogen-bond donors (Lipinski definition) is 1. The van der Waals surface area contributed by atoms with Gasteiger partial charge in [0.25, 0.3) is 0 Å². The zero-order valence-corrected chi connectivity index (χ0v) is 19.6. The van der Waals surface area contributed by atoms with Crippen molar-refractivity contribution in [1.29, 1.82) is 0 Å². The minimum Gasteiger partial charge on any atom is -0.460 e. The molecule has 5 nitrogen and oxygen atoms in total. The van der Waals surface area contributed by atoms with Gasteiger partial charge in [-0.2, -0.15) is 0 Å². The van der Waals surface area contributed by atoms with Gasteiger partial charge in [0.15, 0.2) is 5.96 Å². The fraction of sp³-hybridized carbons (Fsp3) is 0.636. The number of nitrogens with one attached hydrogen (secondary N) is 1. The molecule has 28 heavy (non-hydrogen) atoms. The van der Waals surface area contributed by atoms with Crippen LogP contribution in [-0.2, 0) is 16.0 Å². The number of fused-ring (bicyclic) bond motifs is 3. The summed E-state index contributed by atoms with van der Waals surface area (Å²) in [5.41, 5.74) is 2.66. The lowest BCUT2D eigenvalue weighted by molar-refractivity contribution is -0.159. The second-order valence-electron chi connectivity index (χ2n) is 9.15. The lowest BCUT2D eigenvalue weighted by Gasteiger charge is -2.24. The molecule has 0 spiro atoms. The summed E-state index contributed by atoms with van der Waals surface area (Å²) in [7, 11) is 1.83. The van der Waals surface area contributed by atoms with Crippen LogP contribution in [0.25, 0.3) is 0 Å². The van der Waals surface area contributed by atoms with Crippen LogP contribution in [0.2, 0.25) is 0 Å². The first-order chi connectivity index (χ1) is 12.9. The molecule has 6 heteroatoms. The molecule has 154 valence electrons. The third-order valence-electron chi connectivity index (χ3n) is 6.14. The largest absolute Gasteiger partial charge is 0.460 e. The van der Waals surface area contributed by atoms with Crippen molar-refractivity contribution in [2.45, 2.75) is 45.1 Å². The van der Waals surface area contributed by atoms with Crippen LogP contribution in [0.5, 0.6) is 0 Å². The first kappa shape index (κ1) is 21.4. The molecule has 1 saturated carbocycles. The van der Waals surface area contributed by atoms with E-state index in [0.717, 1.165) is 37.3 Å². The number of carbonyl (C=O) groups excluding carboxylic acids is 1. The van der Waals surface area contributed by atoms with Crippen LogP contribution in [0.15, 0.2) is 29.3 Å². The minimum atomic E-state index is -0.426. The summed E-state index contributed by atoms with van der Waals surface area (Å²) >= 11 is 0. The SMILES string of the molecule is CN=C(NCC1C2Cc3ccccc3C12)N1CCC(C(=O)OC(C)(C)C)C1.I. The van der Waals surface area contributed by atoms with Gasteiger partial charge in [-0.15, -0.1) is 24.0 Å². The number of likely N-dealkylation sites (tertiary alicyclic amines) is 1. The van der Waals surface area contributed by atoms with Gasteiger partial charge in [-0.05, 0) is 62.5 Å². The van der Waals surface area contributed by atoms with Gasteiger partial charge in [0, 0.05) is 26.7 Å². The van der Waals surface area contributed by atoms with Gasteiger partial charge < -0.3 is 15.0 Å². The lowest BCUT2D eigenvalue weighted by atomic mass is 10.0. The Bertz CT molecular complexity index is 758. The Balaban J connectivity index is 0.00000225. The van der Waals surface area contributed by atoms with E-state index in [2.05, 4.69) is 39.5 Å². The van der Waals surface area contributed by atoms with E-state index in [1.807, 2.05) is 27.8 Å². The molecule has 1 saturated heterocycles. The number of guanidine groups is 1. The van der Waals surface area contributed by atoms with E-state index in [1.165, 1.54) is 12.0 Å². The highest BCUT2D eigenvalue weighted by atomic mass is 127. The van der Waals surface area contributed by atoms with Gasteiger partial charge in [-0.25, -0.2) is 0 Å². The minimum absolute atomic E-state index is 0. The Morgan fingerprint density at radius 1 is 1.32 bits per heavy atom. The van der Waals surface area contributed by atoms with Crippen molar-refractivity contribution in [3.8, 4) is 0 Å². The molecule has 2 fully saturated rings. The molecule has 2 aliphatic carbocycles. The van der Waals surface area contributed by atoms with Crippen LogP contribution in [0, 0.1) is 17.8 Å². The van der Waals surface area contributed by atoms with E-state index in [4.69, 9.17) is 4.74 Å². The number of ether oxygens (including phenoxy) is 1. The number of aliphatic imine (C=N–C) groups is 1. The molecule has 1 N–H and O–H groups in total. The van der Waals surface area contributed by atoms with Crippen molar-refractivity contribution in [1.82, 2.24) is 10.2 Å². The van der Waals surface area contributed by atoms with Gasteiger partial charge in [0.2, 0.25) is 0 Å². The summed E-state index contributed by atoms with van der Waals surface area (Å²) < 4.78 is 5.55. The van der Waals surface area contributed by atoms with E-state index in [9.17, 15) is 4.79 Å². The molecule has 4 atom stereocenters. The number of hydrogen-bond acceptors (Lipinski definition) is 3. The van der Waals surface area contributed by atoms with Gasteiger partial charge >= 0.3 is 5.97 Å². The van der Waals surface area contributed by atoms with Gasteiger partial charge in [-0.1, -0.05) is 24.3 Å². The summed E-state index contributed by atoms with van der Waals surface area (Å²) in [6.07, 6.45) is 2.05. The van der Waals surface area contributed by atoms with E-state index in [0.29, 0.717) is 12.5 Å². The Hall–Kier alpha value is -1.31. The Morgan fingerprint density at radius 2 is 2.07 bits per heavy atom. The predicted octanol–water partition coefficient (Wildman–Crippen LogP) is 3.43. The number of esters is 1. The Labute approximate surface area is 185 Å². The van der Waals surface area contributed by atoms with Gasteiger partial charge in [0.05, 0.1) is 5.92 Å². The van der Waals surface area contributed by atoms with Crippen LogP contribution in [-0.4, -0.2) is 49.1 Å². The van der Waals surface area contributed by atoms with Crippen molar-refractivity contribution in [3.63, 3.8) is 0 Å². The van der Waals surface area contributed by atoms with Crippen molar-refractivity contribution < 1.29 is 9.53 Å². The maximum atomic E-state index is 12.3. The van der Waals surface area contributed by atoms with Crippen molar-refractivity contribution in [2.75, 3.05) is 26.7 Å². The van der Waals surface area contributed by atoms with Crippen LogP contribution >= 0.6 is 24.0 Å². The normalized spacial score (nSPS) is 28.3. The molecule has 3 aliphatic rings. The number of rotatable bonds is 3. The standard InChI is InChI=1S/C22H31N3O2.HI/c1-22(2,3)27-20(26)15-9-10-25(13-15)21(23-4)24-12-18-17-11-14-7-5-6-8-16(14)19(17)18;/h5-8,15,17-19H,9-13H2,1-4H3,(H,23,24);1H. The summed E-state index contributed by atoms with van der Waals surface area (Å²) in [6, 6.07) is 8.86. The molecule has 1 aliphatic heterocycles. The zero-order valence-electron chi connectivity index (χ0n) is 17.3. The molecule has 4 rings (SSSR count). The maximum absolute atomic E-state index is 12.3. The van der Waals surface area contributed by atoms with E-state index in [1.54, 1.807) is 5.56 Å². The van der Waals surface area contributed by atoms with Crippen molar-refractivity contribution in [3.05, 3.63) is 35.4 Å². The molecule has 0 bridgehead atoms. The van der Waals surface area contributed by atoms with Crippen LogP contribution in [0.3, 0.4) is 0 Å². The molecule has 4 unspecified atom stereocenters. The third-order valence-corrected chi connectivity index (χ3v) is 6.14. The third kappa shape index (κ3) is 4.31. The van der Waals surface area contributed by atoms with Gasteiger partial charge in [-0.3, -0.25) is 9.79 Å². The van der Waals surface area contributed by atoms with E-state index in [-0.39, 0.29) is 35.9 Å². The number of nitrogens with zero attached hydrogens (tertiary/aromatic N) is 2. The second kappa shape index (κ2) is 8.20. The average Bonchev–Trinajstić information content (AvgIpc) is 2.99. The molecular formula is C22H32IN3O2. The monoisotopic (exact) mass is 497 g/mol. The van der Waals surface area contributed by atoms with Gasteiger partial charge in [0.1, 0.15) is 5.60 Å². The summed E-state index contributed by atoms with van der Waals surface area (Å²) in [5, 5.41) is 3.56. The van der Waals surface area contributed by atoms with E-state index >= 15 is 0 Å². The highest BCUT2D eigenvalue weighted by molar-refractivity contribution is 14.0. The molecular weight excluding hydrogens is 465 g/mol. The lowest BCUT2D eigenvalue weighted by Crippen LogP contribution is -2.42. The molecule has 0 aromatic heterocycles.